The number of nitrogens with zero attached hydrogens (tertiary/aromatic N) is 6. The number of likely N-dealkylation sites (N-methyl/N-ethyl adjacent to an activating group) is 2. The Morgan fingerprint density at radius 3 is 2.62 bits per heavy atom. The van der Waals surface area contributed by atoms with Crippen molar-refractivity contribution in [1.82, 2.24) is 19.7 Å². The lowest BCUT2D eigenvalue weighted by atomic mass is 10.1. The summed E-state index contributed by atoms with van der Waals surface area (Å²) in [7, 11) is 3.52. The smallest absolute Gasteiger partial charge is 0.249 e. The summed E-state index contributed by atoms with van der Waals surface area (Å²) in [6.07, 6.45) is 3.25. The number of hydrogen-bond donors (Lipinski definition) is 1. The van der Waals surface area contributed by atoms with E-state index in [2.05, 4.69) is 20.4 Å². The number of halogens is 3. The Morgan fingerprint density at radius 2 is 1.88 bits per heavy atom. The largest absolute Gasteiger partial charge is 0.350 e. The molecule has 0 radical (unpaired) electrons. The van der Waals surface area contributed by atoms with Crippen molar-refractivity contribution in [1.29, 1.82) is 0 Å². The van der Waals surface area contributed by atoms with Crippen molar-refractivity contribution >= 4 is 23.4 Å². The van der Waals surface area contributed by atoms with Gasteiger partial charge in [0, 0.05) is 38.0 Å². The number of aromatic nitrogens is 4. The third-order valence-corrected chi connectivity index (χ3v) is 5.56. The maximum absolute atomic E-state index is 13.9. The standard InChI is InChI=1S/C21H22F3N7O/c1-11-18-19(29(3)12(2)20(32)30(18)4)28-21(27-11)25-7-13-8-26-31(9-13)10-14-5-6-15(22)17(24)16(14)23/h5-6,8-9,12H,7,10H2,1-4H3,(H,25,27,28)/t12-/m0/s1. The van der Waals surface area contributed by atoms with Gasteiger partial charge in [-0.3, -0.25) is 9.48 Å². The number of carbonyl (C=O) groups excluding carboxylic acids is 1. The first-order chi connectivity index (χ1) is 15.2. The van der Waals surface area contributed by atoms with E-state index in [-0.39, 0.29) is 24.1 Å². The second-order valence-corrected chi connectivity index (χ2v) is 7.72. The average molecular weight is 445 g/mol. The lowest BCUT2D eigenvalue weighted by Gasteiger charge is -2.37. The highest BCUT2D eigenvalue weighted by atomic mass is 19.2. The zero-order valence-electron chi connectivity index (χ0n) is 18.0. The quantitative estimate of drug-likeness (QED) is 0.609. The van der Waals surface area contributed by atoms with Gasteiger partial charge in [0.25, 0.3) is 0 Å². The van der Waals surface area contributed by atoms with Crippen molar-refractivity contribution in [2.24, 2.45) is 0 Å². The summed E-state index contributed by atoms with van der Waals surface area (Å²) >= 11 is 0. The highest BCUT2D eigenvalue weighted by molar-refractivity contribution is 6.04. The van der Waals surface area contributed by atoms with E-state index < -0.39 is 17.5 Å². The summed E-state index contributed by atoms with van der Waals surface area (Å²) in [5, 5.41) is 7.27. The van der Waals surface area contributed by atoms with Crippen molar-refractivity contribution in [3.8, 4) is 0 Å². The minimum absolute atomic E-state index is 0.00372. The molecule has 1 aliphatic heterocycles. The molecule has 4 rings (SSSR count). The highest BCUT2D eigenvalue weighted by Crippen LogP contribution is 2.35. The second-order valence-electron chi connectivity index (χ2n) is 7.72. The Morgan fingerprint density at radius 1 is 1.12 bits per heavy atom. The van der Waals surface area contributed by atoms with Crippen LogP contribution in [0.3, 0.4) is 0 Å². The van der Waals surface area contributed by atoms with Crippen molar-refractivity contribution in [3.05, 3.63) is 58.8 Å². The summed E-state index contributed by atoms with van der Waals surface area (Å²) in [4.78, 5) is 24.8. The van der Waals surface area contributed by atoms with Crippen LogP contribution in [0.1, 0.15) is 23.7 Å². The predicted molar refractivity (Wildman–Crippen MR) is 113 cm³/mol. The number of fused-ring (bicyclic) bond motifs is 1. The number of carbonyl (C=O) groups is 1. The molecule has 0 bridgehead atoms. The normalized spacial score (nSPS) is 15.8. The Bertz CT molecular complexity index is 1200. The Balaban J connectivity index is 1.49. The molecule has 1 aromatic carbocycles. The van der Waals surface area contributed by atoms with Gasteiger partial charge in [0.2, 0.25) is 11.9 Å². The summed E-state index contributed by atoms with van der Waals surface area (Å²) < 4.78 is 41.9. The molecule has 0 unspecified atom stereocenters. The lowest BCUT2D eigenvalue weighted by Crippen LogP contribution is -2.49. The molecule has 1 N–H and O–H groups in total. The molecule has 0 spiro atoms. The summed E-state index contributed by atoms with van der Waals surface area (Å²) in [6.45, 7) is 3.93. The first-order valence-corrected chi connectivity index (χ1v) is 9.94. The molecule has 168 valence electrons. The number of anilines is 3. The van der Waals surface area contributed by atoms with Crippen LogP contribution in [0.2, 0.25) is 0 Å². The van der Waals surface area contributed by atoms with Crippen LogP contribution in [0.4, 0.5) is 30.6 Å². The van der Waals surface area contributed by atoms with E-state index in [4.69, 9.17) is 0 Å². The fourth-order valence-electron chi connectivity index (χ4n) is 3.64. The molecule has 1 atom stereocenters. The van der Waals surface area contributed by atoms with Crippen molar-refractivity contribution in [3.63, 3.8) is 0 Å². The Kier molecular flexibility index (Phi) is 5.49. The Hall–Kier alpha value is -3.63. The molecule has 1 amide bonds. The van der Waals surface area contributed by atoms with Crippen LogP contribution >= 0.6 is 0 Å². The van der Waals surface area contributed by atoms with Gasteiger partial charge in [-0.1, -0.05) is 6.07 Å². The molecule has 0 saturated heterocycles. The zero-order valence-corrected chi connectivity index (χ0v) is 18.0. The molecule has 8 nitrogen and oxygen atoms in total. The fourth-order valence-corrected chi connectivity index (χ4v) is 3.64. The molecule has 2 aromatic heterocycles. The van der Waals surface area contributed by atoms with Crippen LogP contribution in [0.5, 0.6) is 0 Å². The molecule has 0 fully saturated rings. The lowest BCUT2D eigenvalue weighted by molar-refractivity contribution is -0.119. The van der Waals surface area contributed by atoms with Gasteiger partial charge >= 0.3 is 0 Å². The number of hydrogen-bond acceptors (Lipinski definition) is 6. The van der Waals surface area contributed by atoms with Crippen molar-refractivity contribution in [2.75, 3.05) is 29.2 Å². The highest BCUT2D eigenvalue weighted by Gasteiger charge is 2.34. The van der Waals surface area contributed by atoms with Gasteiger partial charge in [-0.15, -0.1) is 0 Å². The number of benzene rings is 1. The summed E-state index contributed by atoms with van der Waals surface area (Å²) in [5.41, 5.74) is 2.09. The molecular formula is C21H22F3N7O. The van der Waals surface area contributed by atoms with E-state index in [0.717, 1.165) is 11.6 Å². The van der Waals surface area contributed by atoms with E-state index in [1.54, 1.807) is 24.3 Å². The molecule has 0 aliphatic carbocycles. The molecule has 3 heterocycles. The van der Waals surface area contributed by atoms with Gasteiger partial charge in [0.15, 0.2) is 23.3 Å². The van der Waals surface area contributed by atoms with Crippen LogP contribution < -0.4 is 15.1 Å². The zero-order chi connectivity index (χ0) is 23.2. The molecular weight excluding hydrogens is 423 g/mol. The Labute approximate surface area is 182 Å². The minimum Gasteiger partial charge on any atom is -0.350 e. The fraction of sp³-hybridized carbons (Fsp3) is 0.333. The van der Waals surface area contributed by atoms with Crippen LogP contribution in [0.25, 0.3) is 0 Å². The summed E-state index contributed by atoms with van der Waals surface area (Å²) in [5.74, 6) is -2.94. The number of rotatable bonds is 5. The average Bonchev–Trinajstić information content (AvgIpc) is 3.22. The molecule has 11 heteroatoms. The van der Waals surface area contributed by atoms with E-state index in [1.807, 2.05) is 25.8 Å². The number of aryl methyl sites for hydroxylation is 1. The van der Waals surface area contributed by atoms with Gasteiger partial charge in [0.1, 0.15) is 11.7 Å². The van der Waals surface area contributed by atoms with E-state index in [9.17, 15) is 18.0 Å². The number of amides is 1. The van der Waals surface area contributed by atoms with Crippen LogP contribution in [-0.4, -0.2) is 45.8 Å². The maximum atomic E-state index is 13.9. The minimum atomic E-state index is -1.50. The van der Waals surface area contributed by atoms with Gasteiger partial charge in [-0.25, -0.2) is 18.2 Å². The molecule has 1 aliphatic rings. The second kappa shape index (κ2) is 8.13. The summed E-state index contributed by atoms with van der Waals surface area (Å²) in [6, 6.07) is 1.74. The van der Waals surface area contributed by atoms with Gasteiger partial charge < -0.3 is 15.1 Å². The maximum Gasteiger partial charge on any atom is 0.249 e. The predicted octanol–water partition coefficient (Wildman–Crippen LogP) is 2.86. The van der Waals surface area contributed by atoms with Crippen molar-refractivity contribution in [2.45, 2.75) is 33.0 Å². The van der Waals surface area contributed by atoms with Crippen LogP contribution in [0, 0.1) is 24.4 Å². The van der Waals surface area contributed by atoms with Gasteiger partial charge in [-0.05, 0) is 19.9 Å². The van der Waals surface area contributed by atoms with E-state index >= 15 is 0 Å². The molecule has 0 saturated carbocycles. The monoisotopic (exact) mass is 445 g/mol. The third-order valence-electron chi connectivity index (χ3n) is 5.56. The first-order valence-electron chi connectivity index (χ1n) is 9.94. The van der Waals surface area contributed by atoms with Crippen LogP contribution in [-0.2, 0) is 17.9 Å². The topological polar surface area (TPSA) is 79.2 Å². The van der Waals surface area contributed by atoms with E-state index in [1.165, 1.54) is 10.7 Å². The van der Waals surface area contributed by atoms with Crippen LogP contribution in [0.15, 0.2) is 24.5 Å². The van der Waals surface area contributed by atoms with E-state index in [0.29, 0.717) is 29.7 Å². The first kappa shape index (κ1) is 21.6. The van der Waals surface area contributed by atoms with Crippen molar-refractivity contribution < 1.29 is 18.0 Å². The third kappa shape index (κ3) is 3.74. The van der Waals surface area contributed by atoms with Gasteiger partial charge in [-0.2, -0.15) is 10.1 Å². The molecule has 32 heavy (non-hydrogen) atoms. The molecule has 3 aromatic rings. The number of nitrogens with one attached hydrogen (secondary N) is 1. The van der Waals surface area contributed by atoms with Gasteiger partial charge in [0.05, 0.1) is 18.4 Å². The SMILES string of the molecule is Cc1nc(NCc2cnn(Cc3ccc(F)c(F)c3F)c2)nc2c1N(C)C(=O)[C@H](C)N2C.